The first-order chi connectivity index (χ1) is 6.19. The average molecular weight is 184 g/mol. The molecule has 0 heterocycles. The quantitative estimate of drug-likeness (QED) is 0.774. The number of hydrogen-bond acceptors (Lipinski definition) is 2. The van der Waals surface area contributed by atoms with E-state index in [-0.39, 0.29) is 12.4 Å². The Morgan fingerprint density at radius 3 is 2.69 bits per heavy atom. The van der Waals surface area contributed by atoms with E-state index < -0.39 is 0 Å². The first-order valence-electron chi connectivity index (χ1n) is 4.13. The number of aliphatic hydroxyl groups is 1. The van der Waals surface area contributed by atoms with Crippen molar-refractivity contribution in [2.75, 3.05) is 13.7 Å². The van der Waals surface area contributed by atoms with Crippen molar-refractivity contribution in [3.8, 4) is 5.75 Å². The Kier molecular flexibility index (Phi) is 3.25. The van der Waals surface area contributed by atoms with Gasteiger partial charge in [-0.25, -0.2) is 4.39 Å². The lowest BCUT2D eigenvalue weighted by molar-refractivity contribution is 0.296. The van der Waals surface area contributed by atoms with Gasteiger partial charge in [0, 0.05) is 12.7 Å². The zero-order valence-corrected chi connectivity index (χ0v) is 7.80. The second-order valence-electron chi connectivity index (χ2n) is 2.89. The number of aryl methyl sites for hydroxylation is 1. The first-order valence-corrected chi connectivity index (χ1v) is 4.13. The second-order valence-corrected chi connectivity index (χ2v) is 2.89. The number of rotatable bonds is 3. The average Bonchev–Trinajstić information content (AvgIpc) is 2.11. The van der Waals surface area contributed by atoms with E-state index in [0.717, 1.165) is 5.56 Å². The van der Waals surface area contributed by atoms with E-state index in [1.165, 1.54) is 13.2 Å². The van der Waals surface area contributed by atoms with Gasteiger partial charge in [-0.15, -0.1) is 0 Å². The molecule has 1 N–H and O–H groups in total. The van der Waals surface area contributed by atoms with Crippen molar-refractivity contribution in [1.29, 1.82) is 0 Å². The summed E-state index contributed by atoms with van der Waals surface area (Å²) in [5.41, 5.74) is 1.41. The summed E-state index contributed by atoms with van der Waals surface area (Å²) in [7, 11) is 1.49. The largest absolute Gasteiger partial charge is 0.496 e. The van der Waals surface area contributed by atoms with Gasteiger partial charge in [0.15, 0.2) is 0 Å². The highest BCUT2D eigenvalue weighted by Gasteiger charge is 2.06. The number of methoxy groups -OCH3 is 1. The van der Waals surface area contributed by atoms with Crippen LogP contribution in [0.3, 0.4) is 0 Å². The predicted octanol–water partition coefficient (Wildman–Crippen LogP) is 1.68. The normalized spacial score (nSPS) is 10.2. The van der Waals surface area contributed by atoms with Crippen molar-refractivity contribution in [3.05, 3.63) is 29.1 Å². The molecular weight excluding hydrogens is 171 g/mol. The summed E-state index contributed by atoms with van der Waals surface area (Å²) >= 11 is 0. The lowest BCUT2D eigenvalue weighted by atomic mass is 10.1. The molecule has 1 aromatic rings. The molecule has 0 aliphatic carbocycles. The van der Waals surface area contributed by atoms with Crippen LogP contribution in [0.15, 0.2) is 12.1 Å². The number of halogens is 1. The molecule has 0 amide bonds. The van der Waals surface area contributed by atoms with Crippen LogP contribution in [0.25, 0.3) is 0 Å². The molecule has 0 atom stereocenters. The maximum atomic E-state index is 13.0. The van der Waals surface area contributed by atoms with E-state index in [1.54, 1.807) is 13.0 Å². The molecule has 0 unspecified atom stereocenters. The third kappa shape index (κ3) is 2.18. The molecule has 2 nitrogen and oxygen atoms in total. The van der Waals surface area contributed by atoms with Gasteiger partial charge in [0.05, 0.1) is 7.11 Å². The Hall–Kier alpha value is -1.09. The zero-order valence-electron chi connectivity index (χ0n) is 7.80. The monoisotopic (exact) mass is 184 g/mol. The van der Waals surface area contributed by atoms with Crippen molar-refractivity contribution in [1.82, 2.24) is 0 Å². The standard InChI is InChI=1S/C10H13FO2/c1-7-5-8(3-4-12)10(13-2)6-9(7)11/h5-6,12H,3-4H2,1-2H3. The van der Waals surface area contributed by atoms with E-state index >= 15 is 0 Å². The van der Waals surface area contributed by atoms with Gasteiger partial charge in [-0.3, -0.25) is 0 Å². The highest BCUT2D eigenvalue weighted by atomic mass is 19.1. The molecule has 0 aromatic heterocycles. The lowest BCUT2D eigenvalue weighted by Crippen LogP contribution is -1.98. The van der Waals surface area contributed by atoms with Crippen molar-refractivity contribution >= 4 is 0 Å². The van der Waals surface area contributed by atoms with Crippen molar-refractivity contribution in [3.63, 3.8) is 0 Å². The smallest absolute Gasteiger partial charge is 0.129 e. The van der Waals surface area contributed by atoms with Crippen LogP contribution in [0, 0.1) is 12.7 Å². The Morgan fingerprint density at radius 1 is 1.46 bits per heavy atom. The zero-order chi connectivity index (χ0) is 9.84. The van der Waals surface area contributed by atoms with Crippen LogP contribution in [0.5, 0.6) is 5.75 Å². The molecular formula is C10H13FO2. The molecule has 0 radical (unpaired) electrons. The number of benzene rings is 1. The minimum absolute atomic E-state index is 0.0431. The molecule has 72 valence electrons. The molecule has 0 saturated heterocycles. The molecule has 1 rings (SSSR count). The lowest BCUT2D eigenvalue weighted by Gasteiger charge is -2.08. The molecule has 0 aliphatic heterocycles. The van der Waals surface area contributed by atoms with Crippen LogP contribution in [-0.2, 0) is 6.42 Å². The predicted molar refractivity (Wildman–Crippen MR) is 48.5 cm³/mol. The number of aliphatic hydroxyl groups excluding tert-OH is 1. The highest BCUT2D eigenvalue weighted by molar-refractivity contribution is 5.37. The SMILES string of the molecule is COc1cc(F)c(C)cc1CCO. The Bertz CT molecular complexity index is 297. The topological polar surface area (TPSA) is 29.5 Å². The van der Waals surface area contributed by atoms with Crippen LogP contribution >= 0.6 is 0 Å². The van der Waals surface area contributed by atoms with Gasteiger partial charge in [-0.2, -0.15) is 0 Å². The van der Waals surface area contributed by atoms with E-state index in [4.69, 9.17) is 9.84 Å². The van der Waals surface area contributed by atoms with Crippen molar-refractivity contribution < 1.29 is 14.2 Å². The van der Waals surface area contributed by atoms with Gasteiger partial charge < -0.3 is 9.84 Å². The van der Waals surface area contributed by atoms with Gasteiger partial charge >= 0.3 is 0 Å². The minimum atomic E-state index is -0.279. The molecule has 1 aromatic carbocycles. The fraction of sp³-hybridized carbons (Fsp3) is 0.400. The molecule has 0 spiro atoms. The summed E-state index contributed by atoms with van der Waals surface area (Å²) in [6.07, 6.45) is 0.490. The van der Waals surface area contributed by atoms with E-state index in [2.05, 4.69) is 0 Å². The number of hydrogen-bond donors (Lipinski definition) is 1. The summed E-state index contributed by atoms with van der Waals surface area (Å²) in [5.74, 6) is 0.218. The third-order valence-corrected chi connectivity index (χ3v) is 1.94. The summed E-state index contributed by atoms with van der Waals surface area (Å²) in [4.78, 5) is 0. The second kappa shape index (κ2) is 4.23. The summed E-state index contributed by atoms with van der Waals surface area (Å²) < 4.78 is 18.0. The van der Waals surface area contributed by atoms with Crippen LogP contribution in [0.4, 0.5) is 4.39 Å². The van der Waals surface area contributed by atoms with E-state index in [0.29, 0.717) is 17.7 Å². The molecule has 3 heteroatoms. The maximum absolute atomic E-state index is 13.0. The van der Waals surface area contributed by atoms with Crippen LogP contribution < -0.4 is 4.74 Å². The van der Waals surface area contributed by atoms with Gasteiger partial charge in [0.1, 0.15) is 11.6 Å². The van der Waals surface area contributed by atoms with Crippen LogP contribution in [0.2, 0.25) is 0 Å². The molecule has 0 aliphatic rings. The van der Waals surface area contributed by atoms with Gasteiger partial charge in [-0.1, -0.05) is 0 Å². The van der Waals surface area contributed by atoms with Crippen LogP contribution in [-0.4, -0.2) is 18.8 Å². The number of ether oxygens (including phenoxy) is 1. The minimum Gasteiger partial charge on any atom is -0.496 e. The van der Waals surface area contributed by atoms with Gasteiger partial charge in [0.25, 0.3) is 0 Å². The van der Waals surface area contributed by atoms with Crippen molar-refractivity contribution in [2.45, 2.75) is 13.3 Å². The maximum Gasteiger partial charge on any atom is 0.129 e. The summed E-state index contributed by atoms with van der Waals surface area (Å²) in [5, 5.41) is 8.75. The third-order valence-electron chi connectivity index (χ3n) is 1.94. The summed E-state index contributed by atoms with van der Waals surface area (Å²) in [6.45, 7) is 1.73. The van der Waals surface area contributed by atoms with E-state index in [1.807, 2.05) is 0 Å². The van der Waals surface area contributed by atoms with Crippen molar-refractivity contribution in [2.24, 2.45) is 0 Å². The van der Waals surface area contributed by atoms with Gasteiger partial charge in [-0.05, 0) is 30.5 Å². The fourth-order valence-corrected chi connectivity index (χ4v) is 1.23. The Morgan fingerprint density at radius 2 is 2.15 bits per heavy atom. The summed E-state index contributed by atoms with van der Waals surface area (Å²) in [6, 6.07) is 3.05. The Balaban J connectivity index is 3.09. The molecule has 0 fully saturated rings. The van der Waals surface area contributed by atoms with Crippen LogP contribution in [0.1, 0.15) is 11.1 Å². The van der Waals surface area contributed by atoms with Gasteiger partial charge in [0.2, 0.25) is 0 Å². The van der Waals surface area contributed by atoms with E-state index in [9.17, 15) is 4.39 Å². The highest BCUT2D eigenvalue weighted by Crippen LogP contribution is 2.22. The fourth-order valence-electron chi connectivity index (χ4n) is 1.23. The first kappa shape index (κ1) is 9.99. The molecule has 0 bridgehead atoms. The molecule has 13 heavy (non-hydrogen) atoms. The Labute approximate surface area is 77.0 Å². The molecule has 0 saturated carbocycles.